The van der Waals surface area contributed by atoms with Crippen LogP contribution in [0.3, 0.4) is 0 Å². The molecule has 3 saturated carbocycles. The quantitative estimate of drug-likeness (QED) is 0.181. The van der Waals surface area contributed by atoms with Crippen molar-refractivity contribution in [2.24, 2.45) is 22.7 Å². The summed E-state index contributed by atoms with van der Waals surface area (Å²) in [7, 11) is -4.18. The van der Waals surface area contributed by atoms with Gasteiger partial charge in [-0.1, -0.05) is 92.5 Å². The van der Waals surface area contributed by atoms with Crippen LogP contribution in [0.25, 0.3) is 0 Å². The molecule has 0 heterocycles. The maximum atomic E-state index is 9.92. The highest BCUT2D eigenvalue weighted by molar-refractivity contribution is 6.74. The third kappa shape index (κ3) is 9.38. The second kappa shape index (κ2) is 14.5. The molecular formula is C40H71NO3Si2. The van der Waals surface area contributed by atoms with E-state index in [0.29, 0.717) is 28.8 Å². The van der Waals surface area contributed by atoms with Crippen molar-refractivity contribution in [1.82, 2.24) is 0 Å². The van der Waals surface area contributed by atoms with Gasteiger partial charge in [-0.05, 0) is 123 Å². The molecule has 3 fully saturated rings. The molecule has 0 radical (unpaired) electrons. The van der Waals surface area contributed by atoms with Crippen LogP contribution >= 0.6 is 0 Å². The topological polar surface area (TPSA) is 51.5 Å². The molecule has 6 heteroatoms. The van der Waals surface area contributed by atoms with Crippen molar-refractivity contribution in [3.63, 3.8) is 0 Å². The van der Waals surface area contributed by atoms with E-state index in [9.17, 15) is 5.26 Å². The van der Waals surface area contributed by atoms with Crippen LogP contribution in [0.15, 0.2) is 34.9 Å². The summed E-state index contributed by atoms with van der Waals surface area (Å²) < 4.78 is 20.7. The van der Waals surface area contributed by atoms with Gasteiger partial charge in [0.15, 0.2) is 16.6 Å². The van der Waals surface area contributed by atoms with E-state index < -0.39 is 16.6 Å². The Labute approximate surface area is 287 Å². The first-order chi connectivity index (χ1) is 20.9. The van der Waals surface area contributed by atoms with Gasteiger partial charge in [0.2, 0.25) is 0 Å². The molecule has 46 heavy (non-hydrogen) atoms. The number of hydrogen-bond donors (Lipinski definition) is 0. The Hall–Kier alpha value is -0.976. The third-order valence-corrected chi connectivity index (χ3v) is 21.7. The normalized spacial score (nSPS) is 31.7. The van der Waals surface area contributed by atoms with Crippen LogP contribution in [0, 0.1) is 34.0 Å². The molecule has 0 aromatic carbocycles. The third-order valence-electron chi connectivity index (χ3n) is 12.7. The minimum atomic E-state index is -2.09. The lowest BCUT2D eigenvalue weighted by molar-refractivity contribution is -0.0318. The monoisotopic (exact) mass is 669 g/mol. The summed E-state index contributed by atoms with van der Waals surface area (Å²) in [6, 6.07) is 2.37. The SMILES string of the molecule is C[C@@H](OCCC(C)(C)C)C1CCC2/C(=C/C=C3C[C@H](O[Si](C)(C)C(C)(C)C)C(=CC#N)[C@H](O[Si](C)(C)C(C)(C)C)C3)CCCC21C. The number of allylic oxidation sites excluding steroid dienone is 4. The number of hydrogen-bond acceptors (Lipinski definition) is 4. The van der Waals surface area contributed by atoms with Crippen molar-refractivity contribution < 1.29 is 13.6 Å². The number of nitriles is 1. The number of rotatable bonds is 9. The highest BCUT2D eigenvalue weighted by atomic mass is 28.4. The van der Waals surface area contributed by atoms with Crippen LogP contribution in [-0.2, 0) is 13.6 Å². The smallest absolute Gasteiger partial charge is 0.192 e. The van der Waals surface area contributed by atoms with Gasteiger partial charge in [-0.25, -0.2) is 0 Å². The van der Waals surface area contributed by atoms with E-state index >= 15 is 0 Å². The molecule has 0 bridgehead atoms. The van der Waals surface area contributed by atoms with Crippen LogP contribution in [0.1, 0.15) is 128 Å². The summed E-state index contributed by atoms with van der Waals surface area (Å²) >= 11 is 0. The molecule has 262 valence electrons. The van der Waals surface area contributed by atoms with Crippen molar-refractivity contribution >= 4 is 16.6 Å². The van der Waals surface area contributed by atoms with Crippen LogP contribution in [-0.4, -0.2) is 41.6 Å². The first kappa shape index (κ1) is 39.5. The van der Waals surface area contributed by atoms with E-state index in [2.05, 4.69) is 121 Å². The molecule has 0 spiro atoms. The van der Waals surface area contributed by atoms with Gasteiger partial charge in [-0.15, -0.1) is 0 Å². The van der Waals surface area contributed by atoms with Gasteiger partial charge in [0, 0.05) is 12.7 Å². The van der Waals surface area contributed by atoms with Crippen LogP contribution < -0.4 is 0 Å². The summed E-state index contributed by atoms with van der Waals surface area (Å²) in [5, 5.41) is 10.1. The predicted octanol–water partition coefficient (Wildman–Crippen LogP) is 11.9. The zero-order chi connectivity index (χ0) is 34.9. The van der Waals surface area contributed by atoms with E-state index in [1.54, 1.807) is 11.6 Å². The molecule has 0 aromatic rings. The summed E-state index contributed by atoms with van der Waals surface area (Å²) in [6.07, 6.45) is 15.8. The lowest BCUT2D eigenvalue weighted by atomic mass is 9.62. The molecule has 6 atom stereocenters. The molecule has 0 aliphatic heterocycles. The molecule has 3 aliphatic rings. The fourth-order valence-corrected chi connectivity index (χ4v) is 10.2. The summed E-state index contributed by atoms with van der Waals surface area (Å²) in [6.45, 7) is 35.8. The maximum absolute atomic E-state index is 9.92. The number of fused-ring (bicyclic) bond motifs is 1. The van der Waals surface area contributed by atoms with Gasteiger partial charge >= 0.3 is 0 Å². The predicted molar refractivity (Wildman–Crippen MR) is 201 cm³/mol. The van der Waals surface area contributed by atoms with Crippen molar-refractivity contribution in [2.45, 2.75) is 182 Å². The molecular weight excluding hydrogens is 599 g/mol. The molecule has 0 saturated heterocycles. The zero-order valence-electron chi connectivity index (χ0n) is 32.7. The minimum absolute atomic E-state index is 0.0863. The summed E-state index contributed by atoms with van der Waals surface area (Å²) in [4.78, 5) is 0. The minimum Gasteiger partial charge on any atom is -0.410 e. The Balaban J connectivity index is 1.92. The van der Waals surface area contributed by atoms with Gasteiger partial charge in [0.25, 0.3) is 0 Å². The Bertz CT molecular complexity index is 1140. The molecule has 0 amide bonds. The Morgan fingerprint density at radius 3 is 1.91 bits per heavy atom. The number of nitrogens with zero attached hydrogens (tertiary/aromatic N) is 1. The molecule has 3 rings (SSSR count). The summed E-state index contributed by atoms with van der Waals surface area (Å²) in [5.74, 6) is 1.25. The standard InChI is InChI=1S/C40H71NO3Si2/c1-29(42-26-24-37(2,3)4)33-20-21-34-31(17-16-23-40(33,34)11)19-18-30-27-35(43-45(12,13)38(5,6)7)32(22-25-41)36(28-30)44-46(14,15)39(8,9)10/h18-19,22,29,33-36H,16-17,20-21,23-24,26-28H2,1-15H3/b30-18?,31-19+,32-22?/t29-,33?,34?,35-,36+,40?/m1/s1. The van der Waals surface area contributed by atoms with Gasteiger partial charge in [-0.3, -0.25) is 0 Å². The molecule has 4 nitrogen and oxygen atoms in total. The molecule has 3 aliphatic carbocycles. The number of ether oxygens (including phenoxy) is 1. The fraction of sp³-hybridized carbons (Fsp3) is 0.825. The van der Waals surface area contributed by atoms with Crippen LogP contribution in [0.4, 0.5) is 0 Å². The first-order valence-corrected chi connectivity index (χ1v) is 24.2. The highest BCUT2D eigenvalue weighted by Gasteiger charge is 2.51. The van der Waals surface area contributed by atoms with Gasteiger partial charge in [0.1, 0.15) is 0 Å². The van der Waals surface area contributed by atoms with E-state index in [1.165, 1.54) is 37.7 Å². The van der Waals surface area contributed by atoms with Crippen molar-refractivity contribution in [3.8, 4) is 6.07 Å². The molecule has 0 aromatic heterocycles. The highest BCUT2D eigenvalue weighted by Crippen LogP contribution is 2.59. The molecule has 0 N–H and O–H groups in total. The lowest BCUT2D eigenvalue weighted by Gasteiger charge is -2.46. The average Bonchev–Trinajstić information content (AvgIpc) is 3.24. The summed E-state index contributed by atoms with van der Waals surface area (Å²) in [5.41, 5.74) is 4.69. The second-order valence-electron chi connectivity index (χ2n) is 19.5. The van der Waals surface area contributed by atoms with Crippen molar-refractivity contribution in [3.05, 3.63) is 34.9 Å². The Kier molecular flexibility index (Phi) is 12.4. The van der Waals surface area contributed by atoms with Crippen LogP contribution in [0.2, 0.25) is 36.3 Å². The van der Waals surface area contributed by atoms with Gasteiger partial charge < -0.3 is 13.6 Å². The Morgan fingerprint density at radius 2 is 1.43 bits per heavy atom. The van der Waals surface area contributed by atoms with E-state index in [1.807, 2.05) is 0 Å². The van der Waals surface area contributed by atoms with Crippen LogP contribution in [0.5, 0.6) is 0 Å². The lowest BCUT2D eigenvalue weighted by Crippen LogP contribution is -2.50. The fourth-order valence-electron chi connectivity index (χ4n) is 7.63. The maximum Gasteiger partial charge on any atom is 0.192 e. The van der Waals surface area contributed by atoms with Crippen molar-refractivity contribution in [2.75, 3.05) is 6.61 Å². The average molecular weight is 670 g/mol. The van der Waals surface area contributed by atoms with Gasteiger partial charge in [-0.2, -0.15) is 5.26 Å². The van der Waals surface area contributed by atoms with E-state index in [0.717, 1.165) is 31.4 Å². The molecule has 3 unspecified atom stereocenters. The van der Waals surface area contributed by atoms with Crippen molar-refractivity contribution in [1.29, 1.82) is 5.26 Å². The Morgan fingerprint density at radius 1 is 0.891 bits per heavy atom. The zero-order valence-corrected chi connectivity index (χ0v) is 34.7. The second-order valence-corrected chi connectivity index (χ2v) is 29.0. The van der Waals surface area contributed by atoms with Gasteiger partial charge in [0.05, 0.1) is 24.4 Å². The van der Waals surface area contributed by atoms with E-state index in [4.69, 9.17) is 13.6 Å². The largest absolute Gasteiger partial charge is 0.410 e. The first-order valence-electron chi connectivity index (χ1n) is 18.4. The van der Waals surface area contributed by atoms with E-state index in [-0.39, 0.29) is 22.3 Å².